The zero-order valence-corrected chi connectivity index (χ0v) is 20.2. The Hall–Kier alpha value is -3.43. The Balaban J connectivity index is 1.38. The highest BCUT2D eigenvalue weighted by Crippen LogP contribution is 2.31. The van der Waals surface area contributed by atoms with Crippen molar-refractivity contribution in [2.24, 2.45) is 0 Å². The second kappa shape index (κ2) is 9.60. The van der Waals surface area contributed by atoms with Crippen LogP contribution in [0.2, 0.25) is 0 Å². The highest BCUT2D eigenvalue weighted by Gasteiger charge is 2.12. The normalized spacial score (nSPS) is 10.8. The molecule has 3 N–H and O–H groups in total. The number of nitrogens with zero attached hydrogens (tertiary/aromatic N) is 1. The Morgan fingerprint density at radius 2 is 1.88 bits per heavy atom. The van der Waals surface area contributed by atoms with Gasteiger partial charge < -0.3 is 19.6 Å². The zero-order chi connectivity index (χ0) is 23.5. The van der Waals surface area contributed by atoms with E-state index in [-0.39, 0.29) is 23.4 Å². The Morgan fingerprint density at radius 1 is 1.12 bits per heavy atom. The van der Waals surface area contributed by atoms with Crippen LogP contribution in [-0.4, -0.2) is 27.7 Å². The predicted octanol–water partition coefficient (Wildman–Crippen LogP) is 5.47. The summed E-state index contributed by atoms with van der Waals surface area (Å²) in [6.45, 7) is 3.78. The van der Waals surface area contributed by atoms with Crippen LogP contribution >= 0.6 is 28.1 Å². The molecule has 0 unspecified atom stereocenters. The molecule has 168 valence electrons. The quantitative estimate of drug-likeness (QED) is 0.297. The average molecular weight is 526 g/mol. The molecule has 3 aromatic carbocycles. The number of hydrogen-bond donors (Lipinski definition) is 3. The smallest absolute Gasteiger partial charge is 0.264 e. The number of carbonyl (C=O) groups is 1. The maximum atomic E-state index is 12.2. The van der Waals surface area contributed by atoms with Gasteiger partial charge in [0, 0.05) is 11.3 Å². The van der Waals surface area contributed by atoms with Crippen molar-refractivity contribution in [3.63, 3.8) is 0 Å². The summed E-state index contributed by atoms with van der Waals surface area (Å²) in [5, 5.41) is 15.4. The minimum Gasteiger partial charge on any atom is -0.507 e. The molecule has 0 fully saturated rings. The minimum absolute atomic E-state index is 0.135. The van der Waals surface area contributed by atoms with Crippen molar-refractivity contribution in [1.82, 2.24) is 10.3 Å². The van der Waals surface area contributed by atoms with Crippen LogP contribution in [0.15, 0.2) is 63.5 Å². The number of hydrogen-bond acceptors (Lipinski definition) is 6. The van der Waals surface area contributed by atoms with E-state index in [1.165, 1.54) is 0 Å². The van der Waals surface area contributed by atoms with Crippen LogP contribution in [0.4, 0.5) is 5.69 Å². The van der Waals surface area contributed by atoms with Crippen LogP contribution in [0.3, 0.4) is 0 Å². The summed E-state index contributed by atoms with van der Waals surface area (Å²) in [7, 11) is 0. The highest BCUT2D eigenvalue weighted by molar-refractivity contribution is 9.10. The number of fused-ring (bicyclic) bond motifs is 1. The molecule has 9 heteroatoms. The Bertz CT molecular complexity index is 1350. The fourth-order valence-corrected chi connectivity index (χ4v) is 3.87. The van der Waals surface area contributed by atoms with E-state index in [9.17, 15) is 9.90 Å². The van der Waals surface area contributed by atoms with Crippen molar-refractivity contribution in [3.8, 4) is 23.0 Å². The third-order valence-corrected chi connectivity index (χ3v) is 5.50. The molecule has 1 amide bonds. The van der Waals surface area contributed by atoms with Gasteiger partial charge in [0.25, 0.3) is 5.91 Å². The summed E-state index contributed by atoms with van der Waals surface area (Å²) in [5.74, 6) is 0.822. The van der Waals surface area contributed by atoms with Gasteiger partial charge in [-0.25, -0.2) is 4.98 Å². The maximum Gasteiger partial charge on any atom is 0.264 e. The van der Waals surface area contributed by atoms with Gasteiger partial charge in [-0.15, -0.1) is 0 Å². The number of rotatable bonds is 5. The van der Waals surface area contributed by atoms with E-state index in [1.54, 1.807) is 36.4 Å². The molecular weight excluding hydrogens is 506 g/mol. The number of aromatic hydroxyl groups is 1. The molecule has 0 aliphatic carbocycles. The maximum absolute atomic E-state index is 12.2. The molecule has 0 aliphatic heterocycles. The summed E-state index contributed by atoms with van der Waals surface area (Å²) < 4.78 is 11.9. The van der Waals surface area contributed by atoms with Gasteiger partial charge in [-0.1, -0.05) is 6.07 Å². The van der Waals surface area contributed by atoms with Crippen molar-refractivity contribution >= 4 is 56.0 Å². The largest absolute Gasteiger partial charge is 0.507 e. The number of ether oxygens (including phenoxy) is 1. The Kier molecular flexibility index (Phi) is 6.62. The molecule has 0 spiro atoms. The minimum atomic E-state index is -0.366. The number of anilines is 1. The first kappa shape index (κ1) is 22.8. The number of aryl methyl sites for hydroxylation is 2. The zero-order valence-electron chi connectivity index (χ0n) is 17.8. The van der Waals surface area contributed by atoms with Gasteiger partial charge in [0.15, 0.2) is 17.3 Å². The van der Waals surface area contributed by atoms with Crippen molar-refractivity contribution in [2.45, 2.75) is 13.8 Å². The van der Waals surface area contributed by atoms with E-state index < -0.39 is 0 Å². The predicted molar refractivity (Wildman–Crippen MR) is 135 cm³/mol. The van der Waals surface area contributed by atoms with Crippen molar-refractivity contribution in [3.05, 3.63) is 70.2 Å². The van der Waals surface area contributed by atoms with Crippen LogP contribution in [-0.2, 0) is 4.79 Å². The molecular formula is C24H20BrN3O4S. The first-order valence-electron chi connectivity index (χ1n) is 9.98. The molecule has 4 rings (SSSR count). The SMILES string of the molecule is Cc1cc(C)cc(OCC(=O)NC(=S)Nc2ccc3oc(-c4ccc(O)c(Br)c4)nc3c2)c1. The van der Waals surface area contributed by atoms with E-state index in [0.717, 1.165) is 16.7 Å². The third-order valence-electron chi connectivity index (χ3n) is 4.66. The van der Waals surface area contributed by atoms with Gasteiger partial charge in [0.2, 0.25) is 5.89 Å². The lowest BCUT2D eigenvalue weighted by molar-refractivity contribution is -0.121. The van der Waals surface area contributed by atoms with E-state index in [0.29, 0.717) is 32.9 Å². The molecule has 4 aromatic rings. The van der Waals surface area contributed by atoms with Crippen LogP contribution in [0, 0.1) is 13.8 Å². The van der Waals surface area contributed by atoms with Crippen molar-refractivity contribution in [1.29, 1.82) is 0 Å². The number of phenols is 1. The van der Waals surface area contributed by atoms with Crippen LogP contribution in [0.25, 0.3) is 22.6 Å². The first-order valence-corrected chi connectivity index (χ1v) is 11.2. The summed E-state index contributed by atoms with van der Waals surface area (Å²) in [6, 6.07) is 16.1. The van der Waals surface area contributed by atoms with Crippen LogP contribution in [0.1, 0.15) is 11.1 Å². The van der Waals surface area contributed by atoms with Gasteiger partial charge in [0.1, 0.15) is 17.0 Å². The number of halogens is 1. The molecule has 0 saturated carbocycles. The molecule has 1 aromatic heterocycles. The van der Waals surface area contributed by atoms with E-state index in [4.69, 9.17) is 21.4 Å². The number of oxazole rings is 1. The average Bonchev–Trinajstić information content (AvgIpc) is 3.17. The van der Waals surface area contributed by atoms with Gasteiger partial charge in [-0.3, -0.25) is 10.1 Å². The second-order valence-corrected chi connectivity index (χ2v) is 8.74. The lowest BCUT2D eigenvalue weighted by Gasteiger charge is -2.11. The molecule has 7 nitrogen and oxygen atoms in total. The standard InChI is InChI=1S/C24H20BrN3O4S/c1-13-7-14(2)9-17(8-13)31-12-22(30)28-24(33)26-16-4-6-21-19(11-16)27-23(32-21)15-3-5-20(29)18(25)10-15/h3-11,29H,12H2,1-2H3,(H2,26,28,30,33). The number of phenolic OH excluding ortho intramolecular Hbond substituents is 1. The topological polar surface area (TPSA) is 96.6 Å². The number of benzene rings is 3. The molecule has 0 bridgehead atoms. The van der Waals surface area contributed by atoms with Gasteiger partial charge in [-0.2, -0.15) is 0 Å². The van der Waals surface area contributed by atoms with E-state index >= 15 is 0 Å². The van der Waals surface area contributed by atoms with Crippen molar-refractivity contribution < 1.29 is 19.1 Å². The molecule has 1 heterocycles. The Morgan fingerprint density at radius 3 is 2.61 bits per heavy atom. The van der Waals surface area contributed by atoms with Gasteiger partial charge >= 0.3 is 0 Å². The van der Waals surface area contributed by atoms with E-state index in [1.807, 2.05) is 32.0 Å². The van der Waals surface area contributed by atoms with Crippen LogP contribution in [0.5, 0.6) is 11.5 Å². The molecule has 0 atom stereocenters. The fourth-order valence-electron chi connectivity index (χ4n) is 3.26. The molecule has 33 heavy (non-hydrogen) atoms. The number of nitrogens with one attached hydrogen (secondary N) is 2. The van der Waals surface area contributed by atoms with Crippen molar-refractivity contribution in [2.75, 3.05) is 11.9 Å². The molecule has 0 saturated heterocycles. The second-order valence-electron chi connectivity index (χ2n) is 7.48. The first-order chi connectivity index (χ1) is 15.8. The lowest BCUT2D eigenvalue weighted by Crippen LogP contribution is -2.37. The molecule has 0 radical (unpaired) electrons. The fraction of sp³-hybridized carbons (Fsp3) is 0.125. The number of thiocarbonyl (C=S) groups is 1. The monoisotopic (exact) mass is 525 g/mol. The number of carbonyl (C=O) groups excluding carboxylic acids is 1. The summed E-state index contributed by atoms with van der Waals surface area (Å²) >= 11 is 8.53. The van der Waals surface area contributed by atoms with E-state index in [2.05, 4.69) is 31.5 Å². The third kappa shape index (κ3) is 5.68. The molecule has 0 aliphatic rings. The van der Waals surface area contributed by atoms with Gasteiger partial charge in [-0.05, 0) is 102 Å². The highest BCUT2D eigenvalue weighted by atomic mass is 79.9. The summed E-state index contributed by atoms with van der Waals surface area (Å²) in [6.07, 6.45) is 0. The number of amides is 1. The summed E-state index contributed by atoms with van der Waals surface area (Å²) in [5.41, 5.74) is 4.70. The summed E-state index contributed by atoms with van der Waals surface area (Å²) in [4.78, 5) is 16.7. The number of aromatic nitrogens is 1. The lowest BCUT2D eigenvalue weighted by atomic mass is 10.1. The Labute approximate surface area is 203 Å². The van der Waals surface area contributed by atoms with Crippen LogP contribution < -0.4 is 15.4 Å². The van der Waals surface area contributed by atoms with Gasteiger partial charge in [0.05, 0.1) is 4.47 Å².